The summed E-state index contributed by atoms with van der Waals surface area (Å²) in [5, 5.41) is 3.98. The van der Waals surface area contributed by atoms with E-state index in [1.807, 2.05) is 12.1 Å². The zero-order valence-corrected chi connectivity index (χ0v) is 16.4. The highest BCUT2D eigenvalue weighted by Crippen LogP contribution is 2.44. The van der Waals surface area contributed by atoms with Gasteiger partial charge in [0.15, 0.2) is 0 Å². The molecule has 25 heavy (non-hydrogen) atoms. The van der Waals surface area contributed by atoms with E-state index in [0.29, 0.717) is 5.92 Å². The Bertz CT molecular complexity index is 523. The maximum Gasteiger partial charge on any atom is 0.226 e. The lowest BCUT2D eigenvalue weighted by atomic mass is 9.76. The summed E-state index contributed by atoms with van der Waals surface area (Å²) in [4.78, 5) is 12.9. The van der Waals surface area contributed by atoms with Crippen LogP contribution >= 0.6 is 11.6 Å². The number of carbonyl (C=O) groups is 1. The maximum atomic E-state index is 12.9. The average molecular weight is 366 g/mol. The Morgan fingerprint density at radius 1 is 1.28 bits per heavy atom. The van der Waals surface area contributed by atoms with Crippen molar-refractivity contribution in [3.63, 3.8) is 0 Å². The van der Waals surface area contributed by atoms with Gasteiger partial charge in [-0.15, -0.1) is 0 Å². The molecule has 140 valence electrons. The first-order chi connectivity index (χ1) is 12.1. The summed E-state index contributed by atoms with van der Waals surface area (Å²) in [5.74, 6) is 0.795. The van der Waals surface area contributed by atoms with Gasteiger partial charge < -0.3 is 10.1 Å². The Hall–Kier alpha value is -1.06. The number of halogens is 1. The number of carbonyl (C=O) groups excluding carboxylic acids is 1. The molecule has 0 saturated heterocycles. The monoisotopic (exact) mass is 365 g/mol. The van der Waals surface area contributed by atoms with Crippen LogP contribution in [0.5, 0.6) is 0 Å². The fourth-order valence-electron chi connectivity index (χ4n) is 4.00. The van der Waals surface area contributed by atoms with Crippen LogP contribution in [0.15, 0.2) is 24.3 Å². The fourth-order valence-corrected chi connectivity index (χ4v) is 4.12. The van der Waals surface area contributed by atoms with Crippen LogP contribution in [0, 0.1) is 11.3 Å². The second kappa shape index (κ2) is 10.2. The Kier molecular flexibility index (Phi) is 8.25. The third kappa shape index (κ3) is 6.31. The number of hydrogen-bond acceptors (Lipinski definition) is 2. The predicted octanol–water partition coefficient (Wildman–Crippen LogP) is 5.01. The third-order valence-electron chi connectivity index (χ3n) is 5.44. The van der Waals surface area contributed by atoms with Crippen molar-refractivity contribution in [1.29, 1.82) is 0 Å². The van der Waals surface area contributed by atoms with Crippen LogP contribution < -0.4 is 5.32 Å². The van der Waals surface area contributed by atoms with Gasteiger partial charge in [0.1, 0.15) is 0 Å². The molecule has 4 heteroatoms. The van der Waals surface area contributed by atoms with Gasteiger partial charge in [-0.05, 0) is 62.1 Å². The number of nitrogens with one attached hydrogen (secondary N) is 1. The highest BCUT2D eigenvalue weighted by atomic mass is 35.5. The second-order valence-corrected chi connectivity index (χ2v) is 8.00. The summed E-state index contributed by atoms with van der Waals surface area (Å²) in [5.41, 5.74) is 1.12. The van der Waals surface area contributed by atoms with E-state index in [0.717, 1.165) is 56.7 Å². The standard InChI is InChI=1S/C21H32ClNO2/c1-17(11-15-25-2)16-21(12-3-4-13-21)20(24)23-14-5-6-18-7-9-19(22)10-8-18/h7-10,17H,3-6,11-16H2,1-2H3,(H,23,24)/t17-/m1/s1. The lowest BCUT2D eigenvalue weighted by Crippen LogP contribution is -2.41. The minimum atomic E-state index is -0.145. The summed E-state index contributed by atoms with van der Waals surface area (Å²) < 4.78 is 5.19. The first-order valence-electron chi connectivity index (χ1n) is 9.57. The van der Waals surface area contributed by atoms with E-state index in [1.54, 1.807) is 7.11 Å². The maximum absolute atomic E-state index is 12.9. The van der Waals surface area contributed by atoms with Crippen molar-refractivity contribution < 1.29 is 9.53 Å². The van der Waals surface area contributed by atoms with Crippen LogP contribution in [-0.4, -0.2) is 26.2 Å². The molecule has 1 fully saturated rings. The molecule has 1 aromatic carbocycles. The summed E-state index contributed by atoms with van der Waals surface area (Å²) >= 11 is 5.91. The molecule has 3 nitrogen and oxygen atoms in total. The molecule has 2 rings (SSSR count). The molecular weight excluding hydrogens is 334 g/mol. The topological polar surface area (TPSA) is 38.3 Å². The van der Waals surface area contributed by atoms with Crippen molar-refractivity contribution in [2.24, 2.45) is 11.3 Å². The van der Waals surface area contributed by atoms with Crippen molar-refractivity contribution in [2.75, 3.05) is 20.3 Å². The highest BCUT2D eigenvalue weighted by Gasteiger charge is 2.41. The molecule has 1 amide bonds. The van der Waals surface area contributed by atoms with Gasteiger partial charge in [-0.1, -0.05) is 43.5 Å². The van der Waals surface area contributed by atoms with E-state index in [4.69, 9.17) is 16.3 Å². The quantitative estimate of drug-likeness (QED) is 0.592. The normalized spacial score (nSPS) is 17.4. The number of ether oxygens (including phenoxy) is 1. The number of rotatable bonds is 10. The molecule has 1 saturated carbocycles. The smallest absolute Gasteiger partial charge is 0.226 e. The molecule has 0 unspecified atom stereocenters. The molecule has 0 aliphatic heterocycles. The zero-order chi connectivity index (χ0) is 18.1. The largest absolute Gasteiger partial charge is 0.385 e. The Morgan fingerprint density at radius 3 is 2.60 bits per heavy atom. The molecule has 1 aliphatic carbocycles. The minimum Gasteiger partial charge on any atom is -0.385 e. The van der Waals surface area contributed by atoms with Crippen molar-refractivity contribution in [1.82, 2.24) is 5.32 Å². The Balaban J connectivity index is 1.78. The number of amides is 1. The van der Waals surface area contributed by atoms with Crippen LogP contribution in [0.3, 0.4) is 0 Å². The Labute approximate surface area is 157 Å². The number of hydrogen-bond donors (Lipinski definition) is 1. The van der Waals surface area contributed by atoms with E-state index in [1.165, 1.54) is 18.4 Å². The molecule has 1 aromatic rings. The molecule has 1 atom stereocenters. The van der Waals surface area contributed by atoms with Gasteiger partial charge in [0.25, 0.3) is 0 Å². The predicted molar refractivity (Wildman–Crippen MR) is 104 cm³/mol. The second-order valence-electron chi connectivity index (χ2n) is 7.56. The third-order valence-corrected chi connectivity index (χ3v) is 5.69. The molecule has 1 N–H and O–H groups in total. The van der Waals surface area contributed by atoms with Gasteiger partial charge in [0.05, 0.1) is 0 Å². The van der Waals surface area contributed by atoms with Gasteiger partial charge in [0.2, 0.25) is 5.91 Å². The molecule has 0 bridgehead atoms. The molecule has 0 radical (unpaired) electrons. The van der Waals surface area contributed by atoms with Crippen LogP contribution in [0.2, 0.25) is 5.02 Å². The van der Waals surface area contributed by atoms with Gasteiger partial charge >= 0.3 is 0 Å². The van der Waals surface area contributed by atoms with Gasteiger partial charge in [0, 0.05) is 30.7 Å². The molecule has 0 aromatic heterocycles. The molecule has 0 heterocycles. The SMILES string of the molecule is COCC[C@@H](C)CC1(C(=O)NCCCc2ccc(Cl)cc2)CCCC1. The van der Waals surface area contributed by atoms with Crippen molar-refractivity contribution in [3.8, 4) is 0 Å². The molecule has 0 spiro atoms. The fraction of sp³-hybridized carbons (Fsp3) is 0.667. The Morgan fingerprint density at radius 2 is 1.96 bits per heavy atom. The molecule has 1 aliphatic rings. The summed E-state index contributed by atoms with van der Waals surface area (Å²) in [6.07, 6.45) is 8.36. The number of benzene rings is 1. The zero-order valence-electron chi connectivity index (χ0n) is 15.7. The summed E-state index contributed by atoms with van der Waals surface area (Å²) in [6.45, 7) is 3.77. The lowest BCUT2D eigenvalue weighted by molar-refractivity contribution is -0.131. The van der Waals surface area contributed by atoms with Crippen LogP contribution in [0.1, 0.15) is 57.4 Å². The van der Waals surface area contributed by atoms with Crippen LogP contribution in [0.4, 0.5) is 0 Å². The van der Waals surface area contributed by atoms with E-state index in [2.05, 4.69) is 24.4 Å². The van der Waals surface area contributed by atoms with E-state index < -0.39 is 0 Å². The van der Waals surface area contributed by atoms with Gasteiger partial charge in [-0.25, -0.2) is 0 Å². The highest BCUT2D eigenvalue weighted by molar-refractivity contribution is 6.30. The first kappa shape index (κ1) is 20.3. The molecular formula is C21H32ClNO2. The summed E-state index contributed by atoms with van der Waals surface area (Å²) in [6, 6.07) is 7.95. The number of methoxy groups -OCH3 is 1. The number of aryl methyl sites for hydroxylation is 1. The lowest BCUT2D eigenvalue weighted by Gasteiger charge is -2.30. The van der Waals surface area contributed by atoms with Crippen molar-refractivity contribution in [3.05, 3.63) is 34.9 Å². The summed E-state index contributed by atoms with van der Waals surface area (Å²) in [7, 11) is 1.74. The van der Waals surface area contributed by atoms with Crippen LogP contribution in [-0.2, 0) is 16.0 Å². The van der Waals surface area contributed by atoms with E-state index >= 15 is 0 Å². The van der Waals surface area contributed by atoms with Crippen molar-refractivity contribution >= 4 is 17.5 Å². The van der Waals surface area contributed by atoms with Crippen LogP contribution in [0.25, 0.3) is 0 Å². The first-order valence-corrected chi connectivity index (χ1v) is 9.95. The van der Waals surface area contributed by atoms with Gasteiger partial charge in [-0.3, -0.25) is 4.79 Å². The van der Waals surface area contributed by atoms with E-state index in [9.17, 15) is 4.79 Å². The van der Waals surface area contributed by atoms with E-state index in [-0.39, 0.29) is 11.3 Å². The minimum absolute atomic E-state index is 0.145. The average Bonchev–Trinajstić information content (AvgIpc) is 3.08. The van der Waals surface area contributed by atoms with Crippen molar-refractivity contribution in [2.45, 2.75) is 58.3 Å². The van der Waals surface area contributed by atoms with Gasteiger partial charge in [-0.2, -0.15) is 0 Å².